The van der Waals surface area contributed by atoms with E-state index in [-0.39, 0.29) is 6.04 Å². The van der Waals surface area contributed by atoms with E-state index in [1.54, 1.807) is 0 Å². The molecule has 15 heavy (non-hydrogen) atoms. The molecule has 2 N–H and O–H groups in total. The van der Waals surface area contributed by atoms with Crippen LogP contribution in [0.25, 0.3) is 0 Å². The topological polar surface area (TPSA) is 42.4 Å². The van der Waals surface area contributed by atoms with Crippen molar-refractivity contribution < 1.29 is 4.42 Å². The average molecular weight is 210 g/mol. The predicted octanol–water partition coefficient (Wildman–Crippen LogP) is 2.32. The summed E-state index contributed by atoms with van der Waals surface area (Å²) in [6.07, 6.45) is 2.44. The number of nitrogens with zero attached hydrogens (tertiary/aromatic N) is 1. The van der Waals surface area contributed by atoms with Gasteiger partial charge in [-0.15, -0.1) is 0 Å². The fourth-order valence-corrected chi connectivity index (χ4v) is 1.60. The molecule has 0 aliphatic rings. The van der Waals surface area contributed by atoms with Gasteiger partial charge < -0.3 is 15.1 Å². The van der Waals surface area contributed by atoms with Crippen LogP contribution in [0.2, 0.25) is 0 Å². The molecular formula is C12H22N2O. The Morgan fingerprint density at radius 1 is 1.47 bits per heavy atom. The minimum Gasteiger partial charge on any atom is -0.465 e. The minimum absolute atomic E-state index is 0.0134. The molecule has 0 spiro atoms. The van der Waals surface area contributed by atoms with Gasteiger partial charge in [0.15, 0.2) is 0 Å². The highest BCUT2D eigenvalue weighted by molar-refractivity contribution is 5.09. The molecule has 1 unspecified atom stereocenters. The first-order valence-electron chi connectivity index (χ1n) is 5.64. The largest absolute Gasteiger partial charge is 0.465 e. The van der Waals surface area contributed by atoms with Crippen molar-refractivity contribution in [3.63, 3.8) is 0 Å². The standard InChI is InChI=1S/C12H22N2O/c1-4-5-8-14(3)9-11(13)12-7-6-10(2)15-12/h6-7,11H,4-5,8-9,13H2,1-3H3. The van der Waals surface area contributed by atoms with E-state index >= 15 is 0 Å². The molecule has 0 bridgehead atoms. The Hall–Kier alpha value is -0.800. The molecule has 1 heterocycles. The van der Waals surface area contributed by atoms with Crippen LogP contribution in [0.4, 0.5) is 0 Å². The van der Waals surface area contributed by atoms with E-state index in [4.69, 9.17) is 10.2 Å². The molecule has 0 aromatic carbocycles. The molecule has 1 rings (SSSR count). The molecule has 3 heteroatoms. The molecule has 0 radical (unpaired) electrons. The van der Waals surface area contributed by atoms with E-state index in [9.17, 15) is 0 Å². The van der Waals surface area contributed by atoms with Crippen LogP contribution in [0.1, 0.15) is 37.3 Å². The Morgan fingerprint density at radius 3 is 2.73 bits per heavy atom. The van der Waals surface area contributed by atoms with Crippen molar-refractivity contribution in [3.8, 4) is 0 Å². The molecule has 1 atom stereocenters. The number of furan rings is 1. The molecule has 0 fully saturated rings. The third kappa shape index (κ3) is 4.06. The van der Waals surface area contributed by atoms with E-state index in [2.05, 4.69) is 18.9 Å². The summed E-state index contributed by atoms with van der Waals surface area (Å²) < 4.78 is 5.50. The van der Waals surface area contributed by atoms with Crippen LogP contribution in [0, 0.1) is 6.92 Å². The van der Waals surface area contributed by atoms with Crippen molar-refractivity contribution in [2.75, 3.05) is 20.1 Å². The average Bonchev–Trinajstić information content (AvgIpc) is 2.61. The van der Waals surface area contributed by atoms with Gasteiger partial charge in [0.05, 0.1) is 6.04 Å². The van der Waals surface area contributed by atoms with Crippen LogP contribution in [-0.2, 0) is 0 Å². The second kappa shape index (κ2) is 5.93. The third-order valence-corrected chi connectivity index (χ3v) is 2.53. The Balaban J connectivity index is 2.38. The fourth-order valence-electron chi connectivity index (χ4n) is 1.60. The minimum atomic E-state index is -0.0134. The van der Waals surface area contributed by atoms with Crippen LogP contribution < -0.4 is 5.73 Å². The number of hydrogen-bond acceptors (Lipinski definition) is 3. The number of rotatable bonds is 6. The summed E-state index contributed by atoms with van der Waals surface area (Å²) in [4.78, 5) is 2.26. The number of likely N-dealkylation sites (N-methyl/N-ethyl adjacent to an activating group) is 1. The molecule has 0 aliphatic heterocycles. The van der Waals surface area contributed by atoms with Crippen molar-refractivity contribution in [2.45, 2.75) is 32.7 Å². The zero-order valence-corrected chi connectivity index (χ0v) is 9.99. The zero-order chi connectivity index (χ0) is 11.3. The van der Waals surface area contributed by atoms with Crippen LogP contribution in [0.15, 0.2) is 16.5 Å². The summed E-state index contributed by atoms with van der Waals surface area (Å²) in [6, 6.07) is 3.91. The van der Waals surface area contributed by atoms with E-state index in [0.717, 1.165) is 24.6 Å². The predicted molar refractivity (Wildman–Crippen MR) is 62.8 cm³/mol. The summed E-state index contributed by atoms with van der Waals surface area (Å²) in [7, 11) is 2.10. The first-order valence-corrected chi connectivity index (χ1v) is 5.64. The number of unbranched alkanes of at least 4 members (excludes halogenated alkanes) is 1. The van der Waals surface area contributed by atoms with Gasteiger partial charge in [-0.1, -0.05) is 13.3 Å². The third-order valence-electron chi connectivity index (χ3n) is 2.53. The molecule has 0 saturated carbocycles. The zero-order valence-electron chi connectivity index (χ0n) is 9.99. The molecule has 1 aromatic rings. The van der Waals surface area contributed by atoms with Crippen LogP contribution in [-0.4, -0.2) is 25.0 Å². The lowest BCUT2D eigenvalue weighted by molar-refractivity contribution is 0.289. The maximum absolute atomic E-state index is 6.05. The van der Waals surface area contributed by atoms with Gasteiger partial charge in [0, 0.05) is 6.54 Å². The first kappa shape index (κ1) is 12.3. The van der Waals surface area contributed by atoms with E-state index < -0.39 is 0 Å². The summed E-state index contributed by atoms with van der Waals surface area (Å²) in [6.45, 7) is 6.09. The summed E-state index contributed by atoms with van der Waals surface area (Å²) in [5, 5.41) is 0. The summed E-state index contributed by atoms with van der Waals surface area (Å²) >= 11 is 0. The van der Waals surface area contributed by atoms with Gasteiger partial charge in [0.1, 0.15) is 11.5 Å². The maximum atomic E-state index is 6.05. The van der Waals surface area contributed by atoms with Crippen molar-refractivity contribution in [1.82, 2.24) is 4.90 Å². The van der Waals surface area contributed by atoms with E-state index in [1.807, 2.05) is 19.1 Å². The second-order valence-electron chi connectivity index (χ2n) is 4.17. The second-order valence-corrected chi connectivity index (χ2v) is 4.17. The molecule has 1 aromatic heterocycles. The van der Waals surface area contributed by atoms with E-state index in [0.29, 0.717) is 0 Å². The normalized spacial score (nSPS) is 13.4. The Morgan fingerprint density at radius 2 is 2.20 bits per heavy atom. The van der Waals surface area contributed by atoms with Gasteiger partial charge in [-0.05, 0) is 39.1 Å². The molecule has 86 valence electrons. The maximum Gasteiger partial charge on any atom is 0.122 e. The highest BCUT2D eigenvalue weighted by atomic mass is 16.3. The molecule has 0 saturated heterocycles. The van der Waals surface area contributed by atoms with Gasteiger partial charge >= 0.3 is 0 Å². The smallest absolute Gasteiger partial charge is 0.122 e. The summed E-state index contributed by atoms with van der Waals surface area (Å²) in [5.41, 5.74) is 6.05. The summed E-state index contributed by atoms with van der Waals surface area (Å²) in [5.74, 6) is 1.81. The molecule has 0 aliphatic carbocycles. The van der Waals surface area contributed by atoms with Gasteiger partial charge in [-0.3, -0.25) is 0 Å². The SMILES string of the molecule is CCCCN(C)CC(N)c1ccc(C)o1. The molecular weight excluding hydrogens is 188 g/mol. The lowest BCUT2D eigenvalue weighted by Gasteiger charge is -2.19. The lowest BCUT2D eigenvalue weighted by atomic mass is 10.2. The molecule has 3 nitrogen and oxygen atoms in total. The van der Waals surface area contributed by atoms with Crippen molar-refractivity contribution in [3.05, 3.63) is 23.7 Å². The van der Waals surface area contributed by atoms with Gasteiger partial charge in [-0.25, -0.2) is 0 Å². The van der Waals surface area contributed by atoms with Crippen molar-refractivity contribution in [1.29, 1.82) is 0 Å². The van der Waals surface area contributed by atoms with Gasteiger partial charge in [0.25, 0.3) is 0 Å². The van der Waals surface area contributed by atoms with Crippen molar-refractivity contribution in [2.24, 2.45) is 5.73 Å². The number of aryl methyl sites for hydroxylation is 1. The Bertz CT molecular complexity index is 283. The number of nitrogens with two attached hydrogens (primary N) is 1. The van der Waals surface area contributed by atoms with Gasteiger partial charge in [0.2, 0.25) is 0 Å². The van der Waals surface area contributed by atoms with Crippen molar-refractivity contribution >= 4 is 0 Å². The fraction of sp³-hybridized carbons (Fsp3) is 0.667. The first-order chi connectivity index (χ1) is 7.13. The highest BCUT2D eigenvalue weighted by Crippen LogP contribution is 2.14. The Kier molecular flexibility index (Phi) is 4.85. The van der Waals surface area contributed by atoms with Crippen LogP contribution in [0.5, 0.6) is 0 Å². The molecule has 0 amide bonds. The quantitative estimate of drug-likeness (QED) is 0.783. The van der Waals surface area contributed by atoms with Crippen LogP contribution >= 0.6 is 0 Å². The monoisotopic (exact) mass is 210 g/mol. The van der Waals surface area contributed by atoms with E-state index in [1.165, 1.54) is 12.8 Å². The Labute approximate surface area is 92.2 Å². The van der Waals surface area contributed by atoms with Crippen LogP contribution in [0.3, 0.4) is 0 Å². The highest BCUT2D eigenvalue weighted by Gasteiger charge is 2.12. The lowest BCUT2D eigenvalue weighted by Crippen LogP contribution is -2.29. The number of hydrogen-bond donors (Lipinski definition) is 1. The van der Waals surface area contributed by atoms with Gasteiger partial charge in [-0.2, -0.15) is 0 Å².